The zero-order valence-electron chi connectivity index (χ0n) is 10.4. The molecule has 2 N–H and O–H groups in total. The van der Waals surface area contributed by atoms with Gasteiger partial charge in [-0.2, -0.15) is 11.8 Å². The van der Waals surface area contributed by atoms with Gasteiger partial charge in [-0.3, -0.25) is 0 Å². The molecule has 0 bridgehead atoms. The molecule has 0 amide bonds. The van der Waals surface area contributed by atoms with Crippen LogP contribution in [0.5, 0.6) is 0 Å². The monoisotopic (exact) mass is 230 g/mol. The van der Waals surface area contributed by atoms with Gasteiger partial charge in [0.15, 0.2) is 0 Å². The molecule has 3 atom stereocenters. The normalized spacial score (nSPS) is 32.2. The van der Waals surface area contributed by atoms with E-state index in [9.17, 15) is 0 Å². The number of rotatable bonds is 5. The molecule has 0 aromatic carbocycles. The van der Waals surface area contributed by atoms with E-state index in [2.05, 4.69) is 25.1 Å². The van der Waals surface area contributed by atoms with Crippen LogP contribution in [0.4, 0.5) is 0 Å². The van der Waals surface area contributed by atoms with Crippen molar-refractivity contribution in [2.75, 3.05) is 32.1 Å². The van der Waals surface area contributed by atoms with Crippen LogP contribution in [-0.4, -0.2) is 43.1 Å². The van der Waals surface area contributed by atoms with Gasteiger partial charge in [0.2, 0.25) is 0 Å². The van der Waals surface area contributed by atoms with E-state index in [0.29, 0.717) is 6.04 Å². The van der Waals surface area contributed by atoms with Crippen molar-refractivity contribution in [2.45, 2.75) is 32.2 Å². The summed E-state index contributed by atoms with van der Waals surface area (Å²) in [6.45, 7) is 4.74. The van der Waals surface area contributed by atoms with Gasteiger partial charge in [-0.15, -0.1) is 0 Å². The lowest BCUT2D eigenvalue weighted by molar-refractivity contribution is 0.186. The van der Waals surface area contributed by atoms with Crippen LogP contribution in [0, 0.1) is 11.8 Å². The van der Waals surface area contributed by atoms with Crippen LogP contribution >= 0.6 is 11.8 Å². The summed E-state index contributed by atoms with van der Waals surface area (Å²) in [5.74, 6) is 2.83. The van der Waals surface area contributed by atoms with E-state index < -0.39 is 0 Å². The maximum atomic E-state index is 6.19. The summed E-state index contributed by atoms with van der Waals surface area (Å²) in [6, 6.07) is 0.443. The van der Waals surface area contributed by atoms with Gasteiger partial charge in [0.05, 0.1) is 0 Å². The Kier molecular flexibility index (Phi) is 6.02. The van der Waals surface area contributed by atoms with Gasteiger partial charge in [-0.05, 0) is 44.4 Å². The third-order valence-electron chi connectivity index (χ3n) is 3.53. The van der Waals surface area contributed by atoms with Crippen molar-refractivity contribution in [3.8, 4) is 0 Å². The molecule has 3 heteroatoms. The smallest absolute Gasteiger partial charge is 0.00795 e. The topological polar surface area (TPSA) is 29.3 Å². The molecule has 0 saturated heterocycles. The number of nitrogens with zero attached hydrogens (tertiary/aromatic N) is 1. The lowest BCUT2D eigenvalue weighted by Crippen LogP contribution is -2.42. The first-order valence-corrected chi connectivity index (χ1v) is 7.46. The van der Waals surface area contributed by atoms with Crippen LogP contribution in [0.2, 0.25) is 0 Å². The van der Waals surface area contributed by atoms with Crippen LogP contribution < -0.4 is 5.73 Å². The fraction of sp³-hybridized carbons (Fsp3) is 1.00. The van der Waals surface area contributed by atoms with Gasteiger partial charge in [0.1, 0.15) is 0 Å². The average molecular weight is 230 g/mol. The summed E-state index contributed by atoms with van der Waals surface area (Å²) in [4.78, 5) is 2.44. The summed E-state index contributed by atoms with van der Waals surface area (Å²) in [5, 5.41) is 0. The Morgan fingerprint density at radius 3 is 2.80 bits per heavy atom. The zero-order valence-corrected chi connectivity index (χ0v) is 11.2. The number of nitrogens with two attached hydrogens (primary N) is 1. The van der Waals surface area contributed by atoms with Gasteiger partial charge >= 0.3 is 0 Å². The maximum absolute atomic E-state index is 6.19. The van der Waals surface area contributed by atoms with E-state index in [0.717, 1.165) is 11.8 Å². The van der Waals surface area contributed by atoms with Gasteiger partial charge in [0.25, 0.3) is 0 Å². The Bertz CT molecular complexity index is 175. The van der Waals surface area contributed by atoms with Crippen molar-refractivity contribution >= 4 is 11.8 Å². The molecule has 90 valence electrons. The van der Waals surface area contributed by atoms with E-state index in [1.165, 1.54) is 38.1 Å². The first kappa shape index (κ1) is 13.3. The van der Waals surface area contributed by atoms with Gasteiger partial charge in [-0.1, -0.05) is 6.92 Å². The third-order valence-corrected chi connectivity index (χ3v) is 4.12. The highest BCUT2D eigenvalue weighted by Gasteiger charge is 2.26. The standard InChI is InChI=1S/C12H26N2S/c1-10-4-5-12(13)11(8-10)9-14(2)6-7-15-3/h10-12H,4-9,13H2,1-3H3. The highest BCUT2D eigenvalue weighted by Crippen LogP contribution is 2.28. The van der Waals surface area contributed by atoms with E-state index in [-0.39, 0.29) is 0 Å². The van der Waals surface area contributed by atoms with E-state index >= 15 is 0 Å². The molecule has 0 radical (unpaired) electrons. The molecule has 1 aliphatic carbocycles. The van der Waals surface area contributed by atoms with Crippen molar-refractivity contribution < 1.29 is 0 Å². The molecule has 0 aromatic rings. The van der Waals surface area contributed by atoms with E-state index in [1.807, 2.05) is 11.8 Å². The second-order valence-electron chi connectivity index (χ2n) is 5.10. The van der Waals surface area contributed by atoms with Crippen LogP contribution in [0.25, 0.3) is 0 Å². The molecule has 1 fully saturated rings. The minimum absolute atomic E-state index is 0.443. The highest BCUT2D eigenvalue weighted by molar-refractivity contribution is 7.98. The second-order valence-corrected chi connectivity index (χ2v) is 6.08. The summed E-state index contributed by atoms with van der Waals surface area (Å²) < 4.78 is 0. The molecule has 1 aliphatic rings. The highest BCUT2D eigenvalue weighted by atomic mass is 32.2. The van der Waals surface area contributed by atoms with E-state index in [1.54, 1.807) is 0 Å². The molecule has 1 saturated carbocycles. The summed E-state index contributed by atoms with van der Waals surface area (Å²) in [5.41, 5.74) is 6.19. The van der Waals surface area contributed by atoms with Crippen molar-refractivity contribution in [3.63, 3.8) is 0 Å². The second kappa shape index (κ2) is 6.77. The van der Waals surface area contributed by atoms with Crippen LogP contribution in [-0.2, 0) is 0 Å². The first-order chi connectivity index (χ1) is 7.13. The molecule has 0 spiro atoms. The van der Waals surface area contributed by atoms with E-state index in [4.69, 9.17) is 5.73 Å². The summed E-state index contributed by atoms with van der Waals surface area (Å²) >= 11 is 1.92. The van der Waals surface area contributed by atoms with Crippen LogP contribution in [0.15, 0.2) is 0 Å². The SMILES string of the molecule is CSCCN(C)CC1CC(C)CCC1N. The van der Waals surface area contributed by atoms with Gasteiger partial charge < -0.3 is 10.6 Å². The molecule has 3 unspecified atom stereocenters. The first-order valence-electron chi connectivity index (χ1n) is 6.06. The largest absolute Gasteiger partial charge is 0.327 e. The number of hydrogen-bond donors (Lipinski definition) is 1. The predicted molar refractivity (Wildman–Crippen MR) is 70.4 cm³/mol. The Morgan fingerprint density at radius 1 is 1.40 bits per heavy atom. The minimum atomic E-state index is 0.443. The Balaban J connectivity index is 2.28. The Hall–Kier alpha value is 0.270. The molecular weight excluding hydrogens is 204 g/mol. The zero-order chi connectivity index (χ0) is 11.3. The summed E-state index contributed by atoms with van der Waals surface area (Å²) in [7, 11) is 2.22. The van der Waals surface area contributed by atoms with Gasteiger partial charge in [0, 0.05) is 24.9 Å². The van der Waals surface area contributed by atoms with Crippen molar-refractivity contribution in [1.82, 2.24) is 4.90 Å². The molecule has 0 aromatic heterocycles. The molecular formula is C12H26N2S. The van der Waals surface area contributed by atoms with Crippen LogP contribution in [0.1, 0.15) is 26.2 Å². The quantitative estimate of drug-likeness (QED) is 0.784. The molecule has 2 nitrogen and oxygen atoms in total. The average Bonchev–Trinajstić information content (AvgIpc) is 2.20. The number of hydrogen-bond acceptors (Lipinski definition) is 3. The fourth-order valence-corrected chi connectivity index (χ4v) is 2.97. The van der Waals surface area contributed by atoms with Crippen molar-refractivity contribution in [3.05, 3.63) is 0 Å². The lowest BCUT2D eigenvalue weighted by atomic mass is 9.79. The van der Waals surface area contributed by atoms with Crippen LogP contribution in [0.3, 0.4) is 0 Å². The summed E-state index contributed by atoms with van der Waals surface area (Å²) in [6.07, 6.45) is 6.04. The predicted octanol–water partition coefficient (Wildman–Crippen LogP) is 2.04. The van der Waals surface area contributed by atoms with Gasteiger partial charge in [-0.25, -0.2) is 0 Å². The maximum Gasteiger partial charge on any atom is 0.00795 e. The molecule has 1 rings (SSSR count). The molecule has 0 aliphatic heterocycles. The Morgan fingerprint density at radius 2 is 2.13 bits per heavy atom. The molecule has 15 heavy (non-hydrogen) atoms. The molecule has 0 heterocycles. The van der Waals surface area contributed by atoms with Crippen molar-refractivity contribution in [1.29, 1.82) is 0 Å². The Labute approximate surface area is 99.0 Å². The van der Waals surface area contributed by atoms with Crippen molar-refractivity contribution in [2.24, 2.45) is 17.6 Å². The fourth-order valence-electron chi connectivity index (χ4n) is 2.47. The lowest BCUT2D eigenvalue weighted by Gasteiger charge is -2.35. The number of thioether (sulfide) groups is 1. The third kappa shape index (κ3) is 4.75. The minimum Gasteiger partial charge on any atom is -0.327 e.